The summed E-state index contributed by atoms with van der Waals surface area (Å²) in [5.41, 5.74) is 3.79. The predicted octanol–water partition coefficient (Wildman–Crippen LogP) is 4.80. The van der Waals surface area contributed by atoms with Gasteiger partial charge in [0.05, 0.1) is 0 Å². The molecule has 0 saturated carbocycles. The Morgan fingerprint density at radius 1 is 0.882 bits per heavy atom. The molecule has 0 heteroatoms. The van der Waals surface area contributed by atoms with E-state index in [4.69, 9.17) is 0 Å². The number of benzene rings is 2. The lowest BCUT2D eigenvalue weighted by Crippen LogP contribution is -1.83. The first-order chi connectivity index (χ1) is 8.40. The third kappa shape index (κ3) is 3.18. The zero-order valence-corrected chi connectivity index (χ0v) is 9.84. The summed E-state index contributed by atoms with van der Waals surface area (Å²) in [6, 6.07) is 20.8. The van der Waals surface area contributed by atoms with E-state index in [1.807, 2.05) is 18.2 Å². The van der Waals surface area contributed by atoms with E-state index in [9.17, 15) is 0 Å². The van der Waals surface area contributed by atoms with Crippen LogP contribution in [0.4, 0.5) is 0 Å². The Morgan fingerprint density at radius 3 is 2.06 bits per heavy atom. The molecule has 84 valence electrons. The lowest BCUT2D eigenvalue weighted by molar-refractivity contribution is 1.41. The Balaban J connectivity index is 2.36. The molecular formula is C17H16. The van der Waals surface area contributed by atoms with E-state index < -0.39 is 0 Å². The highest BCUT2D eigenvalue weighted by molar-refractivity contribution is 5.82. The van der Waals surface area contributed by atoms with Crippen molar-refractivity contribution in [2.24, 2.45) is 0 Å². The van der Waals surface area contributed by atoms with Crippen molar-refractivity contribution in [3.05, 3.63) is 84.4 Å². The van der Waals surface area contributed by atoms with Crippen molar-refractivity contribution in [2.75, 3.05) is 0 Å². The lowest BCUT2D eigenvalue weighted by atomic mass is 10.00. The molecule has 0 aliphatic rings. The van der Waals surface area contributed by atoms with E-state index in [2.05, 4.69) is 61.2 Å². The molecule has 17 heavy (non-hydrogen) atoms. The Morgan fingerprint density at radius 2 is 1.47 bits per heavy atom. The number of hydrogen-bond donors (Lipinski definition) is 0. The van der Waals surface area contributed by atoms with Crippen LogP contribution in [0.5, 0.6) is 0 Å². The summed E-state index contributed by atoms with van der Waals surface area (Å²) in [6.45, 7) is 3.83. The molecule has 0 unspecified atom stereocenters. The minimum Gasteiger partial charge on any atom is -0.103 e. The normalized spacial score (nSPS) is 11.2. The molecule has 0 bridgehead atoms. The molecule has 0 saturated heterocycles. The molecule has 0 spiro atoms. The van der Waals surface area contributed by atoms with Gasteiger partial charge in [0.1, 0.15) is 0 Å². The number of hydrogen-bond acceptors (Lipinski definition) is 0. The molecule has 0 atom stereocenters. The van der Waals surface area contributed by atoms with Crippen molar-refractivity contribution < 1.29 is 0 Å². The molecule has 0 heterocycles. The second kappa shape index (κ2) is 5.86. The van der Waals surface area contributed by atoms with Gasteiger partial charge in [-0.2, -0.15) is 0 Å². The SMILES string of the molecule is C=CCC(=Cc1ccccc1)c1ccccc1. The predicted molar refractivity (Wildman–Crippen MR) is 75.6 cm³/mol. The Labute approximate surface area is 103 Å². The topological polar surface area (TPSA) is 0 Å². The Bertz CT molecular complexity index is 492. The molecule has 0 nitrogen and oxygen atoms in total. The van der Waals surface area contributed by atoms with Gasteiger partial charge in [0.15, 0.2) is 0 Å². The van der Waals surface area contributed by atoms with Crippen molar-refractivity contribution in [2.45, 2.75) is 6.42 Å². The van der Waals surface area contributed by atoms with Crippen LogP contribution in [0.1, 0.15) is 17.5 Å². The highest BCUT2D eigenvalue weighted by atomic mass is 14.0. The highest BCUT2D eigenvalue weighted by Crippen LogP contribution is 2.21. The zero-order valence-electron chi connectivity index (χ0n) is 9.84. The molecule has 0 fully saturated rings. The van der Waals surface area contributed by atoms with Crippen LogP contribution in [-0.4, -0.2) is 0 Å². The summed E-state index contributed by atoms with van der Waals surface area (Å²) in [5, 5.41) is 0. The van der Waals surface area contributed by atoms with E-state index in [0.717, 1.165) is 6.42 Å². The quantitative estimate of drug-likeness (QED) is 0.512. The monoisotopic (exact) mass is 220 g/mol. The zero-order chi connectivity index (χ0) is 11.9. The number of rotatable bonds is 4. The molecule has 0 amide bonds. The van der Waals surface area contributed by atoms with Gasteiger partial charge in [0.25, 0.3) is 0 Å². The Kier molecular flexibility index (Phi) is 3.93. The average Bonchev–Trinajstić information content (AvgIpc) is 2.40. The molecule has 0 aliphatic carbocycles. The summed E-state index contributed by atoms with van der Waals surface area (Å²) in [4.78, 5) is 0. The van der Waals surface area contributed by atoms with Crippen LogP contribution in [0, 0.1) is 0 Å². The fourth-order valence-electron chi connectivity index (χ4n) is 1.82. The van der Waals surface area contributed by atoms with Gasteiger partial charge >= 0.3 is 0 Å². The maximum atomic E-state index is 3.83. The summed E-state index contributed by atoms with van der Waals surface area (Å²) >= 11 is 0. The van der Waals surface area contributed by atoms with Crippen LogP contribution in [0.2, 0.25) is 0 Å². The maximum absolute atomic E-state index is 3.83. The van der Waals surface area contributed by atoms with Crippen molar-refractivity contribution in [1.82, 2.24) is 0 Å². The van der Waals surface area contributed by atoms with Gasteiger partial charge in [-0.25, -0.2) is 0 Å². The first-order valence-corrected chi connectivity index (χ1v) is 5.82. The second-order valence-corrected chi connectivity index (χ2v) is 3.94. The van der Waals surface area contributed by atoms with Gasteiger partial charge in [-0.1, -0.05) is 72.8 Å². The van der Waals surface area contributed by atoms with Crippen LogP contribution in [0.3, 0.4) is 0 Å². The van der Waals surface area contributed by atoms with Crippen molar-refractivity contribution in [3.8, 4) is 0 Å². The van der Waals surface area contributed by atoms with E-state index in [-0.39, 0.29) is 0 Å². The van der Waals surface area contributed by atoms with Crippen LogP contribution in [0.25, 0.3) is 11.6 Å². The largest absolute Gasteiger partial charge is 0.103 e. The highest BCUT2D eigenvalue weighted by Gasteiger charge is 1.98. The third-order valence-corrected chi connectivity index (χ3v) is 2.65. The van der Waals surface area contributed by atoms with Gasteiger partial charge in [-0.15, -0.1) is 6.58 Å². The van der Waals surface area contributed by atoms with E-state index in [1.54, 1.807) is 0 Å². The van der Waals surface area contributed by atoms with Crippen molar-refractivity contribution >= 4 is 11.6 Å². The molecule has 0 aliphatic heterocycles. The van der Waals surface area contributed by atoms with Crippen LogP contribution < -0.4 is 0 Å². The second-order valence-electron chi connectivity index (χ2n) is 3.94. The maximum Gasteiger partial charge on any atom is -0.00940 e. The van der Waals surface area contributed by atoms with Crippen LogP contribution >= 0.6 is 0 Å². The minimum absolute atomic E-state index is 0.888. The Hall–Kier alpha value is -2.08. The van der Waals surface area contributed by atoms with Crippen LogP contribution in [-0.2, 0) is 0 Å². The molecule has 0 radical (unpaired) electrons. The molecule has 2 aromatic rings. The van der Waals surface area contributed by atoms with Gasteiger partial charge in [0.2, 0.25) is 0 Å². The molecular weight excluding hydrogens is 204 g/mol. The van der Waals surface area contributed by atoms with Crippen molar-refractivity contribution in [1.29, 1.82) is 0 Å². The first kappa shape index (κ1) is 11.4. The van der Waals surface area contributed by atoms with Crippen LogP contribution in [0.15, 0.2) is 73.3 Å². The van der Waals surface area contributed by atoms with Crippen molar-refractivity contribution in [3.63, 3.8) is 0 Å². The fraction of sp³-hybridized carbons (Fsp3) is 0.0588. The summed E-state index contributed by atoms with van der Waals surface area (Å²) in [5.74, 6) is 0. The third-order valence-electron chi connectivity index (χ3n) is 2.65. The summed E-state index contributed by atoms with van der Waals surface area (Å²) in [6.07, 6.45) is 5.05. The van der Waals surface area contributed by atoms with Gasteiger partial charge < -0.3 is 0 Å². The minimum atomic E-state index is 0.888. The first-order valence-electron chi connectivity index (χ1n) is 5.82. The molecule has 2 aromatic carbocycles. The van der Waals surface area contributed by atoms with Gasteiger partial charge in [-0.05, 0) is 23.1 Å². The molecule has 0 aromatic heterocycles. The fourth-order valence-corrected chi connectivity index (χ4v) is 1.82. The smallest absolute Gasteiger partial charge is 0.00940 e. The summed E-state index contributed by atoms with van der Waals surface area (Å²) < 4.78 is 0. The van der Waals surface area contributed by atoms with E-state index in [1.165, 1.54) is 16.7 Å². The average molecular weight is 220 g/mol. The summed E-state index contributed by atoms with van der Waals surface area (Å²) in [7, 11) is 0. The van der Waals surface area contributed by atoms with Gasteiger partial charge in [0, 0.05) is 0 Å². The van der Waals surface area contributed by atoms with E-state index >= 15 is 0 Å². The standard InChI is InChI=1S/C17H16/c1-2-9-17(16-12-7-4-8-13-16)14-15-10-5-3-6-11-15/h2-8,10-14H,1,9H2. The number of allylic oxidation sites excluding steroid dienone is 2. The van der Waals surface area contributed by atoms with Gasteiger partial charge in [-0.3, -0.25) is 0 Å². The molecule has 2 rings (SSSR count). The lowest BCUT2D eigenvalue weighted by Gasteiger charge is -2.05. The van der Waals surface area contributed by atoms with E-state index in [0.29, 0.717) is 0 Å². The molecule has 0 N–H and O–H groups in total.